The van der Waals surface area contributed by atoms with Gasteiger partial charge in [0, 0.05) is 22.4 Å². The number of anilines is 1. The molecule has 5 rings (SSSR count). The molecule has 224 valence electrons. The van der Waals surface area contributed by atoms with Crippen LogP contribution in [0.2, 0.25) is 5.02 Å². The second-order valence-corrected chi connectivity index (χ2v) is 12.1. The van der Waals surface area contributed by atoms with Crippen molar-refractivity contribution in [2.24, 2.45) is 0 Å². The van der Waals surface area contributed by atoms with E-state index in [-0.39, 0.29) is 31.0 Å². The molecule has 43 heavy (non-hydrogen) atoms. The largest absolute Gasteiger partial charge is 0.486 e. The van der Waals surface area contributed by atoms with Gasteiger partial charge in [-0.05, 0) is 80.4 Å². The number of nitrogens with one attached hydrogen (secondary N) is 1. The first-order valence-electron chi connectivity index (χ1n) is 14.3. The highest BCUT2D eigenvalue weighted by molar-refractivity contribution is 8.00. The Balaban J connectivity index is 1.36. The quantitative estimate of drug-likeness (QED) is 0.190. The van der Waals surface area contributed by atoms with Gasteiger partial charge in [0.15, 0.2) is 11.0 Å². The maximum Gasteiger partial charge on any atom is 0.240 e. The molecule has 1 heterocycles. The summed E-state index contributed by atoms with van der Waals surface area (Å²) in [5, 5.41) is 12.3. The molecule has 1 aliphatic carbocycles. The Labute approximate surface area is 259 Å². The summed E-state index contributed by atoms with van der Waals surface area (Å²) in [4.78, 5) is 28.4. The van der Waals surface area contributed by atoms with E-state index in [2.05, 4.69) is 15.5 Å². The minimum Gasteiger partial charge on any atom is -0.486 e. The van der Waals surface area contributed by atoms with E-state index in [4.69, 9.17) is 16.3 Å². The summed E-state index contributed by atoms with van der Waals surface area (Å²) in [7, 11) is 0. The second kappa shape index (κ2) is 14.5. The van der Waals surface area contributed by atoms with Crippen LogP contribution in [0.15, 0.2) is 84.0 Å². The summed E-state index contributed by atoms with van der Waals surface area (Å²) >= 11 is 7.22. The number of ether oxygens (including phenoxy) is 1. The van der Waals surface area contributed by atoms with Crippen LogP contribution in [0.4, 0.5) is 10.1 Å². The molecule has 1 aromatic heterocycles. The third-order valence-corrected chi connectivity index (χ3v) is 8.48. The van der Waals surface area contributed by atoms with E-state index < -0.39 is 11.1 Å². The maximum absolute atomic E-state index is 13.9. The first-order chi connectivity index (χ1) is 20.9. The van der Waals surface area contributed by atoms with E-state index in [1.807, 2.05) is 34.9 Å². The molecule has 1 saturated carbocycles. The van der Waals surface area contributed by atoms with E-state index in [0.29, 0.717) is 27.4 Å². The van der Waals surface area contributed by atoms with Gasteiger partial charge in [-0.15, -0.1) is 10.2 Å². The smallest absolute Gasteiger partial charge is 0.240 e. The molecule has 0 unspecified atom stereocenters. The molecule has 3 aromatic carbocycles. The van der Waals surface area contributed by atoms with Crippen molar-refractivity contribution in [1.82, 2.24) is 20.1 Å². The number of carbonyl (C=O) groups is 2. The number of carbonyl (C=O) groups excluding carboxylic acids is 2. The van der Waals surface area contributed by atoms with Gasteiger partial charge in [-0.3, -0.25) is 14.2 Å². The van der Waals surface area contributed by atoms with Gasteiger partial charge < -0.3 is 15.0 Å². The molecule has 0 spiro atoms. The van der Waals surface area contributed by atoms with Gasteiger partial charge in [-0.2, -0.15) is 0 Å². The van der Waals surface area contributed by atoms with E-state index in [9.17, 15) is 14.0 Å². The van der Waals surface area contributed by atoms with Crippen LogP contribution in [0.25, 0.3) is 5.69 Å². The topological polar surface area (TPSA) is 89.4 Å². The van der Waals surface area contributed by atoms with Crippen molar-refractivity contribution >= 4 is 40.9 Å². The van der Waals surface area contributed by atoms with E-state index in [1.54, 1.807) is 31.2 Å². The van der Waals surface area contributed by atoms with Gasteiger partial charge >= 0.3 is 0 Å². The highest BCUT2D eigenvalue weighted by Crippen LogP contribution is 2.29. The lowest BCUT2D eigenvalue weighted by Gasteiger charge is -2.27. The van der Waals surface area contributed by atoms with E-state index in [1.165, 1.54) is 47.3 Å². The molecule has 2 amide bonds. The van der Waals surface area contributed by atoms with Crippen LogP contribution in [0.5, 0.6) is 5.75 Å². The molecule has 4 aromatic rings. The maximum atomic E-state index is 13.9. The predicted octanol–water partition coefficient (Wildman–Crippen LogP) is 6.60. The zero-order valence-corrected chi connectivity index (χ0v) is 25.4. The molecule has 11 heteroatoms. The zero-order valence-electron chi connectivity index (χ0n) is 23.8. The molecule has 1 N–H and O–H groups in total. The average molecular weight is 622 g/mol. The van der Waals surface area contributed by atoms with E-state index >= 15 is 0 Å². The monoisotopic (exact) mass is 621 g/mol. The highest BCUT2D eigenvalue weighted by atomic mass is 35.5. The molecule has 8 nitrogen and oxygen atoms in total. The molecule has 1 aliphatic rings. The number of aromatic nitrogens is 3. The fourth-order valence-electron chi connectivity index (χ4n) is 4.99. The predicted molar refractivity (Wildman–Crippen MR) is 166 cm³/mol. The van der Waals surface area contributed by atoms with Crippen molar-refractivity contribution < 1.29 is 18.7 Å². The van der Waals surface area contributed by atoms with Crippen molar-refractivity contribution in [3.63, 3.8) is 0 Å². The average Bonchev–Trinajstić information content (AvgIpc) is 3.42. The molecule has 0 bridgehead atoms. The number of hydrogen-bond donors (Lipinski definition) is 1. The van der Waals surface area contributed by atoms with Crippen LogP contribution >= 0.6 is 23.4 Å². The number of halogens is 2. The minimum atomic E-state index is -0.649. The molecule has 0 saturated heterocycles. The lowest BCUT2D eigenvalue weighted by Crippen LogP contribution is -2.46. The molecule has 1 fully saturated rings. The molecular formula is C32H33ClFN5O3S. The Morgan fingerprint density at radius 2 is 1.72 bits per heavy atom. The fourth-order valence-corrected chi connectivity index (χ4v) is 6.07. The Bertz CT molecular complexity index is 1510. The Kier molecular flexibility index (Phi) is 10.3. The van der Waals surface area contributed by atoms with Crippen LogP contribution in [-0.2, 0) is 16.2 Å². The third-order valence-electron chi connectivity index (χ3n) is 7.20. The molecule has 0 radical (unpaired) electrons. The fraction of sp³-hybridized carbons (Fsp3) is 0.312. The zero-order chi connectivity index (χ0) is 30.2. The molecular weight excluding hydrogens is 589 g/mol. The van der Waals surface area contributed by atoms with Crippen molar-refractivity contribution in [3.05, 3.63) is 95.5 Å². The van der Waals surface area contributed by atoms with Crippen LogP contribution in [0.1, 0.15) is 44.9 Å². The summed E-state index contributed by atoms with van der Waals surface area (Å²) in [6.45, 7) is 1.73. The number of amides is 2. The van der Waals surface area contributed by atoms with Crippen LogP contribution < -0.4 is 15.0 Å². The minimum absolute atomic E-state index is 0.108. The SMILES string of the molecule is C[C@@H](Sc1nnc(COc2ccc(Cl)cc2)n1-c1ccccc1)C(=O)N(CC(=O)NC1CCCCC1)c1ccc(F)cc1. The Hall–Kier alpha value is -3.89. The van der Waals surface area contributed by atoms with Gasteiger partial charge in [-0.1, -0.05) is 60.8 Å². The summed E-state index contributed by atoms with van der Waals surface area (Å²) < 4.78 is 21.5. The second-order valence-electron chi connectivity index (χ2n) is 10.4. The Morgan fingerprint density at radius 3 is 2.42 bits per heavy atom. The van der Waals surface area contributed by atoms with Crippen molar-refractivity contribution in [1.29, 1.82) is 0 Å². The van der Waals surface area contributed by atoms with Crippen molar-refractivity contribution in [3.8, 4) is 11.4 Å². The first kappa shape index (κ1) is 30.6. The molecule has 0 aliphatic heterocycles. The van der Waals surface area contributed by atoms with Gasteiger partial charge in [0.2, 0.25) is 11.8 Å². The Morgan fingerprint density at radius 1 is 1.02 bits per heavy atom. The van der Waals surface area contributed by atoms with Crippen LogP contribution in [0, 0.1) is 5.82 Å². The van der Waals surface area contributed by atoms with Gasteiger partial charge in [0.1, 0.15) is 24.7 Å². The number of rotatable bonds is 11. The van der Waals surface area contributed by atoms with Crippen molar-refractivity contribution in [2.75, 3.05) is 11.4 Å². The summed E-state index contributed by atoms with van der Waals surface area (Å²) in [6.07, 6.45) is 5.19. The molecule has 1 atom stereocenters. The number of thioether (sulfide) groups is 1. The summed E-state index contributed by atoms with van der Waals surface area (Å²) in [5.41, 5.74) is 1.26. The number of benzene rings is 3. The number of nitrogens with zero attached hydrogens (tertiary/aromatic N) is 4. The highest BCUT2D eigenvalue weighted by Gasteiger charge is 2.28. The normalized spacial score (nSPS) is 14.2. The third kappa shape index (κ3) is 8.14. The lowest BCUT2D eigenvalue weighted by atomic mass is 9.95. The number of hydrogen-bond acceptors (Lipinski definition) is 6. The summed E-state index contributed by atoms with van der Waals surface area (Å²) in [6, 6.07) is 22.3. The first-order valence-corrected chi connectivity index (χ1v) is 15.5. The van der Waals surface area contributed by atoms with E-state index in [0.717, 1.165) is 31.4 Å². The number of para-hydroxylation sites is 1. The van der Waals surface area contributed by atoms with Gasteiger partial charge in [-0.25, -0.2) is 4.39 Å². The van der Waals surface area contributed by atoms with Crippen LogP contribution in [0.3, 0.4) is 0 Å². The lowest BCUT2D eigenvalue weighted by molar-refractivity contribution is -0.124. The van der Waals surface area contributed by atoms with Gasteiger partial charge in [0.05, 0.1) is 5.25 Å². The van der Waals surface area contributed by atoms with Crippen molar-refractivity contribution in [2.45, 2.75) is 62.1 Å². The standard InChI is InChI=1S/C32H33ClFN5O3S/c1-22(31(41)38(26-16-14-24(34)15-17-26)20-30(40)35-25-8-4-2-5-9-25)43-32-37-36-29(39(32)27-10-6-3-7-11-27)21-42-28-18-12-23(33)13-19-28/h3,6-7,10-19,22,25H,2,4-5,8-9,20-21H2,1H3,(H,35,40)/t22-/m1/s1. The van der Waals surface area contributed by atoms with Gasteiger partial charge in [0.25, 0.3) is 0 Å². The summed E-state index contributed by atoms with van der Waals surface area (Å²) in [5.74, 6) is 0.208. The van der Waals surface area contributed by atoms with Crippen LogP contribution in [-0.4, -0.2) is 44.4 Å².